The van der Waals surface area contributed by atoms with E-state index < -0.39 is 0 Å². The van der Waals surface area contributed by atoms with Crippen LogP contribution in [0.4, 0.5) is 5.95 Å². The van der Waals surface area contributed by atoms with Gasteiger partial charge in [-0.15, -0.1) is 0 Å². The number of fused-ring (bicyclic) bond motifs is 2. The Morgan fingerprint density at radius 1 is 1.17 bits per heavy atom. The summed E-state index contributed by atoms with van der Waals surface area (Å²) in [6, 6.07) is 8.62. The number of nitrogens with zero attached hydrogens (tertiary/aromatic N) is 6. The molecule has 0 spiro atoms. The summed E-state index contributed by atoms with van der Waals surface area (Å²) in [5.74, 6) is 1.83. The van der Waals surface area contributed by atoms with Crippen molar-refractivity contribution < 1.29 is 4.79 Å². The normalized spacial score (nSPS) is 23.4. The van der Waals surface area contributed by atoms with Crippen LogP contribution in [0.15, 0.2) is 36.8 Å². The van der Waals surface area contributed by atoms with Crippen molar-refractivity contribution in [3.05, 3.63) is 47.9 Å². The highest BCUT2D eigenvalue weighted by Gasteiger charge is 2.49. The summed E-state index contributed by atoms with van der Waals surface area (Å²) in [4.78, 5) is 31.1. The minimum absolute atomic E-state index is 0.124. The summed E-state index contributed by atoms with van der Waals surface area (Å²) in [7, 11) is 1.95. The van der Waals surface area contributed by atoms with E-state index in [-0.39, 0.29) is 11.9 Å². The zero-order valence-corrected chi connectivity index (χ0v) is 17.8. The second kappa shape index (κ2) is 7.38. The molecule has 30 heavy (non-hydrogen) atoms. The number of imidazole rings is 1. The standard InChI is InChI=1S/C23H28N6O/c1-4-7-20(30)29-12-16-11-28(23-24-10-19-22(26-23)25-14-27(19)3)13-18(16)21(29)17-9-6-5-8-15(17)2/h5-6,8-10,14,16,18,21H,4,7,11-13H2,1-3H3/t16-,18-,21+/m0/s1. The summed E-state index contributed by atoms with van der Waals surface area (Å²) < 4.78 is 1.93. The van der Waals surface area contributed by atoms with Crippen molar-refractivity contribution >= 4 is 23.0 Å². The second-order valence-electron chi connectivity index (χ2n) is 8.66. The first-order valence-electron chi connectivity index (χ1n) is 10.8. The molecule has 5 rings (SSSR count). The van der Waals surface area contributed by atoms with E-state index in [1.165, 1.54) is 11.1 Å². The summed E-state index contributed by atoms with van der Waals surface area (Å²) in [6.45, 7) is 6.77. The highest BCUT2D eigenvalue weighted by molar-refractivity contribution is 5.77. The first-order valence-corrected chi connectivity index (χ1v) is 10.8. The maximum Gasteiger partial charge on any atom is 0.227 e. The number of hydrogen-bond acceptors (Lipinski definition) is 5. The van der Waals surface area contributed by atoms with Crippen LogP contribution in [0.2, 0.25) is 0 Å². The van der Waals surface area contributed by atoms with Crippen LogP contribution < -0.4 is 4.90 Å². The molecule has 0 saturated carbocycles. The lowest BCUT2D eigenvalue weighted by atomic mass is 9.87. The van der Waals surface area contributed by atoms with Crippen molar-refractivity contribution in [3.8, 4) is 0 Å². The Morgan fingerprint density at radius 2 is 2.00 bits per heavy atom. The van der Waals surface area contributed by atoms with E-state index >= 15 is 0 Å². The SMILES string of the molecule is CCCC(=O)N1C[C@@H]2CN(c3ncc4c(ncn4C)n3)C[C@@H]2[C@H]1c1ccccc1C. The third-order valence-electron chi connectivity index (χ3n) is 6.71. The van der Waals surface area contributed by atoms with E-state index in [1.54, 1.807) is 6.33 Å². The Bertz CT molecular complexity index is 1090. The van der Waals surface area contributed by atoms with Crippen LogP contribution in [-0.2, 0) is 11.8 Å². The number of rotatable bonds is 4. The minimum Gasteiger partial charge on any atom is -0.340 e. The second-order valence-corrected chi connectivity index (χ2v) is 8.66. The Kier molecular flexibility index (Phi) is 4.68. The van der Waals surface area contributed by atoms with Crippen molar-refractivity contribution in [3.63, 3.8) is 0 Å². The fourth-order valence-electron chi connectivity index (χ4n) is 5.20. The molecule has 2 aromatic heterocycles. The van der Waals surface area contributed by atoms with Gasteiger partial charge >= 0.3 is 0 Å². The van der Waals surface area contributed by atoms with Crippen LogP contribution in [0.1, 0.15) is 36.9 Å². The van der Waals surface area contributed by atoms with Crippen molar-refractivity contribution in [1.82, 2.24) is 24.4 Å². The van der Waals surface area contributed by atoms with Gasteiger partial charge in [-0.25, -0.2) is 9.97 Å². The van der Waals surface area contributed by atoms with Crippen molar-refractivity contribution in [1.29, 1.82) is 0 Å². The maximum absolute atomic E-state index is 12.9. The molecular formula is C23H28N6O. The van der Waals surface area contributed by atoms with Gasteiger partial charge in [0, 0.05) is 44.9 Å². The molecule has 7 nitrogen and oxygen atoms in total. The Hall–Kier alpha value is -2.96. The quantitative estimate of drug-likeness (QED) is 0.668. The summed E-state index contributed by atoms with van der Waals surface area (Å²) >= 11 is 0. The number of carbonyl (C=O) groups is 1. The van der Waals surface area contributed by atoms with Crippen LogP contribution in [0.5, 0.6) is 0 Å². The fourth-order valence-corrected chi connectivity index (χ4v) is 5.20. The Balaban J connectivity index is 1.46. The van der Waals surface area contributed by atoms with Gasteiger partial charge < -0.3 is 14.4 Å². The molecule has 0 bridgehead atoms. The first kappa shape index (κ1) is 19.0. The number of aromatic nitrogens is 4. The van der Waals surface area contributed by atoms with Crippen LogP contribution in [0.25, 0.3) is 11.2 Å². The van der Waals surface area contributed by atoms with Gasteiger partial charge in [0.15, 0.2) is 5.65 Å². The molecule has 2 aliphatic heterocycles. The summed E-state index contributed by atoms with van der Waals surface area (Å²) in [5.41, 5.74) is 4.20. The molecule has 0 N–H and O–H groups in total. The zero-order valence-electron chi connectivity index (χ0n) is 17.8. The van der Waals surface area contributed by atoms with E-state index in [4.69, 9.17) is 4.98 Å². The Labute approximate surface area is 176 Å². The lowest BCUT2D eigenvalue weighted by Crippen LogP contribution is -2.36. The van der Waals surface area contributed by atoms with Gasteiger partial charge in [0.25, 0.3) is 0 Å². The van der Waals surface area contributed by atoms with Gasteiger partial charge in [-0.1, -0.05) is 31.2 Å². The third kappa shape index (κ3) is 3.04. The fraction of sp³-hybridized carbons (Fsp3) is 0.478. The van der Waals surface area contributed by atoms with Crippen molar-refractivity contribution in [2.75, 3.05) is 24.5 Å². The smallest absolute Gasteiger partial charge is 0.227 e. The monoisotopic (exact) mass is 404 g/mol. The first-order chi connectivity index (χ1) is 14.6. The van der Waals surface area contributed by atoms with Gasteiger partial charge in [-0.05, 0) is 24.5 Å². The minimum atomic E-state index is 0.124. The molecule has 0 aliphatic carbocycles. The molecule has 0 unspecified atom stereocenters. The number of hydrogen-bond donors (Lipinski definition) is 0. The molecule has 4 heterocycles. The van der Waals surface area contributed by atoms with Crippen molar-refractivity contribution in [2.24, 2.45) is 18.9 Å². The number of aryl methyl sites for hydroxylation is 2. The number of anilines is 1. The molecule has 2 aliphatic rings. The van der Waals surface area contributed by atoms with Gasteiger partial charge in [-0.2, -0.15) is 4.98 Å². The molecule has 0 radical (unpaired) electrons. The topological polar surface area (TPSA) is 67.2 Å². The molecule has 1 amide bonds. The average molecular weight is 405 g/mol. The Morgan fingerprint density at radius 3 is 2.80 bits per heavy atom. The largest absolute Gasteiger partial charge is 0.340 e. The van der Waals surface area contributed by atoms with Gasteiger partial charge in [0.2, 0.25) is 11.9 Å². The van der Waals surface area contributed by atoms with Gasteiger partial charge in [0.1, 0.15) is 5.52 Å². The van der Waals surface area contributed by atoms with E-state index in [0.29, 0.717) is 18.3 Å². The number of benzene rings is 1. The predicted octanol–water partition coefficient (Wildman–Crippen LogP) is 3.11. The molecule has 7 heteroatoms. The van der Waals surface area contributed by atoms with E-state index in [0.717, 1.165) is 43.2 Å². The van der Waals surface area contributed by atoms with Crippen LogP contribution >= 0.6 is 0 Å². The molecule has 156 valence electrons. The number of amides is 1. The maximum atomic E-state index is 12.9. The van der Waals surface area contributed by atoms with Crippen LogP contribution in [0.3, 0.4) is 0 Å². The molecule has 3 aromatic rings. The van der Waals surface area contributed by atoms with Crippen LogP contribution in [-0.4, -0.2) is 50.0 Å². The van der Waals surface area contributed by atoms with Crippen LogP contribution in [0, 0.1) is 18.8 Å². The van der Waals surface area contributed by atoms with Gasteiger partial charge in [0.05, 0.1) is 18.6 Å². The predicted molar refractivity (Wildman–Crippen MR) is 116 cm³/mol. The number of likely N-dealkylation sites (tertiary alicyclic amines) is 1. The molecular weight excluding hydrogens is 376 g/mol. The summed E-state index contributed by atoms with van der Waals surface area (Å²) in [6.07, 6.45) is 5.13. The molecule has 2 fully saturated rings. The zero-order chi connectivity index (χ0) is 20.8. The lowest BCUT2D eigenvalue weighted by Gasteiger charge is -2.31. The lowest BCUT2D eigenvalue weighted by molar-refractivity contribution is -0.132. The number of carbonyl (C=O) groups excluding carboxylic acids is 1. The highest BCUT2D eigenvalue weighted by atomic mass is 16.2. The van der Waals surface area contributed by atoms with Crippen molar-refractivity contribution in [2.45, 2.75) is 32.7 Å². The molecule has 2 saturated heterocycles. The molecule has 3 atom stereocenters. The van der Waals surface area contributed by atoms with E-state index in [9.17, 15) is 4.79 Å². The highest BCUT2D eigenvalue weighted by Crippen LogP contribution is 2.46. The van der Waals surface area contributed by atoms with E-state index in [2.05, 4.69) is 57.9 Å². The van der Waals surface area contributed by atoms with E-state index in [1.807, 2.05) is 17.8 Å². The third-order valence-corrected chi connectivity index (χ3v) is 6.71. The van der Waals surface area contributed by atoms with Gasteiger partial charge in [-0.3, -0.25) is 4.79 Å². The average Bonchev–Trinajstić information content (AvgIpc) is 3.41. The molecule has 1 aromatic carbocycles. The summed E-state index contributed by atoms with van der Waals surface area (Å²) in [5, 5.41) is 0.